The standard InChI is InChI=1S/C11H12Br2ClNO/c1-7(2-3-14)15-11(16)8-4-9(12)6-10(13)5-8/h4-7H,2-3H2,1H3,(H,15,16). The third kappa shape index (κ3) is 4.44. The molecule has 0 saturated carbocycles. The molecule has 1 amide bonds. The molecule has 16 heavy (non-hydrogen) atoms. The smallest absolute Gasteiger partial charge is 0.251 e. The zero-order valence-electron chi connectivity index (χ0n) is 8.77. The summed E-state index contributed by atoms with van der Waals surface area (Å²) in [6.07, 6.45) is 0.766. The van der Waals surface area contributed by atoms with Gasteiger partial charge in [-0.1, -0.05) is 31.9 Å². The summed E-state index contributed by atoms with van der Waals surface area (Å²) >= 11 is 12.3. The minimum atomic E-state index is -0.0837. The molecule has 0 aliphatic carbocycles. The lowest BCUT2D eigenvalue weighted by Crippen LogP contribution is -2.32. The Bertz CT molecular complexity index is 364. The molecule has 0 heterocycles. The zero-order chi connectivity index (χ0) is 12.1. The zero-order valence-corrected chi connectivity index (χ0v) is 12.7. The van der Waals surface area contributed by atoms with Gasteiger partial charge < -0.3 is 5.32 Å². The van der Waals surface area contributed by atoms with Crippen LogP contribution in [0.5, 0.6) is 0 Å². The maximum absolute atomic E-state index is 11.8. The van der Waals surface area contributed by atoms with E-state index in [-0.39, 0.29) is 11.9 Å². The normalized spacial score (nSPS) is 12.2. The van der Waals surface area contributed by atoms with E-state index in [1.54, 1.807) is 12.1 Å². The summed E-state index contributed by atoms with van der Waals surface area (Å²) in [6.45, 7) is 1.94. The Morgan fingerprint density at radius 3 is 2.44 bits per heavy atom. The highest BCUT2D eigenvalue weighted by atomic mass is 79.9. The number of nitrogens with one attached hydrogen (secondary N) is 1. The van der Waals surface area contributed by atoms with Crippen LogP contribution >= 0.6 is 43.5 Å². The van der Waals surface area contributed by atoms with Crippen molar-refractivity contribution in [2.45, 2.75) is 19.4 Å². The van der Waals surface area contributed by atoms with Crippen molar-refractivity contribution in [2.24, 2.45) is 0 Å². The van der Waals surface area contributed by atoms with Crippen molar-refractivity contribution in [1.82, 2.24) is 5.32 Å². The van der Waals surface area contributed by atoms with Crippen LogP contribution in [0, 0.1) is 0 Å². The van der Waals surface area contributed by atoms with Gasteiger partial charge in [0.2, 0.25) is 0 Å². The van der Waals surface area contributed by atoms with Crippen LogP contribution in [0.3, 0.4) is 0 Å². The Balaban J connectivity index is 2.72. The number of hydrogen-bond donors (Lipinski definition) is 1. The molecule has 1 atom stereocenters. The molecule has 0 bridgehead atoms. The maximum Gasteiger partial charge on any atom is 0.251 e. The van der Waals surface area contributed by atoms with Gasteiger partial charge in [-0.05, 0) is 31.5 Å². The van der Waals surface area contributed by atoms with Crippen molar-refractivity contribution in [3.05, 3.63) is 32.7 Å². The number of halogens is 3. The van der Waals surface area contributed by atoms with Crippen LogP contribution in [0.15, 0.2) is 27.1 Å². The van der Waals surface area contributed by atoms with Gasteiger partial charge in [0.25, 0.3) is 5.91 Å². The summed E-state index contributed by atoms with van der Waals surface area (Å²) in [4.78, 5) is 11.8. The van der Waals surface area contributed by atoms with Gasteiger partial charge in [0, 0.05) is 26.4 Å². The summed E-state index contributed by atoms with van der Waals surface area (Å²) in [5.41, 5.74) is 0.627. The van der Waals surface area contributed by atoms with E-state index in [0.717, 1.165) is 15.4 Å². The highest BCUT2D eigenvalue weighted by molar-refractivity contribution is 9.11. The summed E-state index contributed by atoms with van der Waals surface area (Å²) < 4.78 is 1.74. The minimum absolute atomic E-state index is 0.0837. The lowest BCUT2D eigenvalue weighted by molar-refractivity contribution is 0.0939. The van der Waals surface area contributed by atoms with Crippen LogP contribution in [0.1, 0.15) is 23.7 Å². The number of hydrogen-bond acceptors (Lipinski definition) is 1. The third-order valence-electron chi connectivity index (χ3n) is 2.04. The molecular formula is C11H12Br2ClNO. The van der Waals surface area contributed by atoms with E-state index in [0.29, 0.717) is 11.4 Å². The van der Waals surface area contributed by atoms with Crippen LogP contribution in [-0.2, 0) is 0 Å². The first-order valence-corrected chi connectivity index (χ1v) is 6.98. The van der Waals surface area contributed by atoms with Crippen LogP contribution in [0.25, 0.3) is 0 Å². The van der Waals surface area contributed by atoms with Gasteiger partial charge in [-0.3, -0.25) is 4.79 Å². The topological polar surface area (TPSA) is 29.1 Å². The number of amides is 1. The second-order valence-electron chi connectivity index (χ2n) is 3.51. The van der Waals surface area contributed by atoms with Crippen molar-refractivity contribution in [3.8, 4) is 0 Å². The number of alkyl halides is 1. The van der Waals surface area contributed by atoms with E-state index in [1.165, 1.54) is 0 Å². The average Bonchev–Trinajstić information content (AvgIpc) is 2.16. The van der Waals surface area contributed by atoms with Crippen molar-refractivity contribution in [1.29, 1.82) is 0 Å². The third-order valence-corrected chi connectivity index (χ3v) is 3.18. The van der Waals surface area contributed by atoms with Gasteiger partial charge in [-0.15, -0.1) is 11.6 Å². The molecule has 1 rings (SSSR count). The van der Waals surface area contributed by atoms with Crippen molar-refractivity contribution < 1.29 is 4.79 Å². The van der Waals surface area contributed by atoms with Crippen LogP contribution in [-0.4, -0.2) is 17.8 Å². The molecule has 1 N–H and O–H groups in total. The SMILES string of the molecule is CC(CCCl)NC(=O)c1cc(Br)cc(Br)c1. The molecule has 88 valence electrons. The first-order chi connectivity index (χ1) is 7.52. The number of carbonyl (C=O) groups is 1. The van der Waals surface area contributed by atoms with E-state index < -0.39 is 0 Å². The predicted octanol–water partition coefficient (Wildman–Crippen LogP) is 3.96. The average molecular weight is 369 g/mol. The minimum Gasteiger partial charge on any atom is -0.350 e. The second kappa shape index (κ2) is 6.62. The van der Waals surface area contributed by atoms with Crippen LogP contribution in [0.4, 0.5) is 0 Å². The molecular weight excluding hydrogens is 357 g/mol. The molecule has 2 nitrogen and oxygen atoms in total. The molecule has 0 fully saturated rings. The Kier molecular flexibility index (Phi) is 5.79. The summed E-state index contributed by atoms with van der Waals surface area (Å²) in [5, 5.41) is 2.89. The molecule has 1 aromatic rings. The van der Waals surface area contributed by atoms with E-state index in [4.69, 9.17) is 11.6 Å². The van der Waals surface area contributed by atoms with Crippen LogP contribution < -0.4 is 5.32 Å². The van der Waals surface area contributed by atoms with E-state index in [9.17, 15) is 4.79 Å². The van der Waals surface area contributed by atoms with Gasteiger partial charge in [0.05, 0.1) is 0 Å². The lowest BCUT2D eigenvalue weighted by Gasteiger charge is -2.12. The summed E-state index contributed by atoms with van der Waals surface area (Å²) in [5.74, 6) is 0.462. The molecule has 0 radical (unpaired) electrons. The Hall–Kier alpha value is -0.0600. The molecule has 1 aromatic carbocycles. The van der Waals surface area contributed by atoms with Gasteiger partial charge in [-0.2, -0.15) is 0 Å². The highest BCUT2D eigenvalue weighted by Crippen LogP contribution is 2.20. The van der Waals surface area contributed by atoms with E-state index in [2.05, 4.69) is 37.2 Å². The fourth-order valence-electron chi connectivity index (χ4n) is 1.23. The first kappa shape index (κ1) is 14.0. The van der Waals surface area contributed by atoms with Crippen LogP contribution in [0.2, 0.25) is 0 Å². The summed E-state index contributed by atoms with van der Waals surface area (Å²) in [7, 11) is 0. The molecule has 0 aliphatic heterocycles. The Morgan fingerprint density at radius 1 is 1.38 bits per heavy atom. The Labute approximate surface area is 117 Å². The largest absolute Gasteiger partial charge is 0.350 e. The molecule has 0 spiro atoms. The maximum atomic E-state index is 11.8. The molecule has 0 aliphatic rings. The van der Waals surface area contributed by atoms with E-state index in [1.807, 2.05) is 13.0 Å². The lowest BCUT2D eigenvalue weighted by atomic mass is 10.2. The van der Waals surface area contributed by atoms with E-state index >= 15 is 0 Å². The molecule has 1 unspecified atom stereocenters. The highest BCUT2D eigenvalue weighted by Gasteiger charge is 2.10. The van der Waals surface area contributed by atoms with Gasteiger partial charge in [-0.25, -0.2) is 0 Å². The number of carbonyl (C=O) groups excluding carboxylic acids is 1. The predicted molar refractivity (Wildman–Crippen MR) is 74.1 cm³/mol. The Morgan fingerprint density at radius 2 is 1.94 bits per heavy atom. The number of rotatable bonds is 4. The van der Waals surface area contributed by atoms with Crippen molar-refractivity contribution >= 4 is 49.4 Å². The number of benzene rings is 1. The van der Waals surface area contributed by atoms with Crippen molar-refractivity contribution in [2.75, 3.05) is 5.88 Å². The van der Waals surface area contributed by atoms with Gasteiger partial charge >= 0.3 is 0 Å². The molecule has 5 heteroatoms. The summed E-state index contributed by atoms with van der Waals surface area (Å²) in [6, 6.07) is 5.54. The second-order valence-corrected chi connectivity index (χ2v) is 5.72. The molecule has 0 aromatic heterocycles. The molecule has 0 saturated heterocycles. The fourth-order valence-corrected chi connectivity index (χ4v) is 2.85. The monoisotopic (exact) mass is 367 g/mol. The fraction of sp³-hybridized carbons (Fsp3) is 0.364. The van der Waals surface area contributed by atoms with Gasteiger partial charge in [0.15, 0.2) is 0 Å². The van der Waals surface area contributed by atoms with Gasteiger partial charge in [0.1, 0.15) is 0 Å². The first-order valence-electron chi connectivity index (χ1n) is 4.86. The van der Waals surface area contributed by atoms with Crippen molar-refractivity contribution in [3.63, 3.8) is 0 Å². The quantitative estimate of drug-likeness (QED) is 0.800.